The molecule has 0 saturated heterocycles. The van der Waals surface area contributed by atoms with E-state index in [0.29, 0.717) is 18.8 Å². The van der Waals surface area contributed by atoms with Crippen LogP contribution in [0.3, 0.4) is 0 Å². The molecule has 0 heterocycles. The lowest BCUT2D eigenvalue weighted by Crippen LogP contribution is -2.12. The van der Waals surface area contributed by atoms with Crippen molar-refractivity contribution in [2.24, 2.45) is 0 Å². The molecule has 0 aliphatic rings. The Kier molecular flexibility index (Phi) is 6.39. The second kappa shape index (κ2) is 7.84. The molecular formula is C14H20O4. The highest BCUT2D eigenvalue weighted by Gasteiger charge is 2.06. The van der Waals surface area contributed by atoms with Gasteiger partial charge < -0.3 is 14.2 Å². The van der Waals surface area contributed by atoms with Gasteiger partial charge in [-0.25, -0.2) is 0 Å². The molecule has 1 rings (SSSR count). The van der Waals surface area contributed by atoms with Crippen molar-refractivity contribution >= 4 is 5.78 Å². The number of rotatable bonds is 8. The van der Waals surface area contributed by atoms with Gasteiger partial charge in [0.15, 0.2) is 5.78 Å². The summed E-state index contributed by atoms with van der Waals surface area (Å²) in [6.07, 6.45) is 0.129. The number of methoxy groups -OCH3 is 1. The van der Waals surface area contributed by atoms with Gasteiger partial charge in [-0.15, -0.1) is 0 Å². The fourth-order valence-electron chi connectivity index (χ4n) is 1.38. The molecule has 0 spiro atoms. The van der Waals surface area contributed by atoms with Crippen LogP contribution in [0.4, 0.5) is 0 Å². The Morgan fingerprint density at radius 2 is 1.83 bits per heavy atom. The summed E-state index contributed by atoms with van der Waals surface area (Å²) in [4.78, 5) is 11.7. The third-order valence-corrected chi connectivity index (χ3v) is 2.21. The monoisotopic (exact) mass is 252 g/mol. The maximum atomic E-state index is 11.7. The van der Waals surface area contributed by atoms with Gasteiger partial charge in [0.1, 0.15) is 12.4 Å². The Balaban J connectivity index is 2.43. The summed E-state index contributed by atoms with van der Waals surface area (Å²) >= 11 is 0. The van der Waals surface area contributed by atoms with Gasteiger partial charge in [0.25, 0.3) is 0 Å². The van der Waals surface area contributed by atoms with Gasteiger partial charge in [-0.05, 0) is 38.1 Å². The highest BCUT2D eigenvalue weighted by molar-refractivity contribution is 5.97. The molecule has 0 aliphatic carbocycles. The van der Waals surface area contributed by atoms with E-state index in [1.807, 2.05) is 13.8 Å². The molecule has 100 valence electrons. The van der Waals surface area contributed by atoms with Crippen LogP contribution in [0.1, 0.15) is 24.2 Å². The third kappa shape index (κ3) is 5.29. The number of ketones is 1. The van der Waals surface area contributed by atoms with Crippen LogP contribution in [0.25, 0.3) is 0 Å². The summed E-state index contributed by atoms with van der Waals surface area (Å²) < 4.78 is 15.5. The largest absolute Gasteiger partial charge is 0.491 e. The second-order valence-corrected chi connectivity index (χ2v) is 4.16. The summed E-state index contributed by atoms with van der Waals surface area (Å²) in [6.45, 7) is 4.92. The molecule has 0 N–H and O–H groups in total. The van der Waals surface area contributed by atoms with E-state index in [4.69, 9.17) is 14.2 Å². The first-order valence-corrected chi connectivity index (χ1v) is 6.00. The van der Waals surface area contributed by atoms with Gasteiger partial charge in [0.05, 0.1) is 19.3 Å². The van der Waals surface area contributed by atoms with Crippen molar-refractivity contribution < 1.29 is 19.0 Å². The van der Waals surface area contributed by atoms with Gasteiger partial charge in [-0.3, -0.25) is 4.79 Å². The minimum absolute atomic E-state index is 0.0396. The van der Waals surface area contributed by atoms with Crippen LogP contribution >= 0.6 is 0 Å². The molecule has 0 radical (unpaired) electrons. The molecule has 0 unspecified atom stereocenters. The van der Waals surface area contributed by atoms with E-state index in [2.05, 4.69) is 0 Å². The van der Waals surface area contributed by atoms with E-state index in [9.17, 15) is 4.79 Å². The molecule has 0 aliphatic heterocycles. The minimum atomic E-state index is -0.0396. The van der Waals surface area contributed by atoms with Crippen molar-refractivity contribution in [3.8, 4) is 5.75 Å². The van der Waals surface area contributed by atoms with Gasteiger partial charge in [0.2, 0.25) is 0 Å². The van der Waals surface area contributed by atoms with Crippen LogP contribution in [0.5, 0.6) is 5.75 Å². The zero-order valence-corrected chi connectivity index (χ0v) is 11.1. The van der Waals surface area contributed by atoms with Crippen LogP contribution in [0, 0.1) is 0 Å². The zero-order chi connectivity index (χ0) is 13.4. The SMILES string of the molecule is COCCOCC(=O)c1ccc(OC(C)C)cc1. The van der Waals surface area contributed by atoms with Crippen molar-refractivity contribution in [1.82, 2.24) is 0 Å². The van der Waals surface area contributed by atoms with Gasteiger partial charge in [-0.2, -0.15) is 0 Å². The summed E-state index contributed by atoms with van der Waals surface area (Å²) in [6, 6.07) is 7.09. The van der Waals surface area contributed by atoms with Crippen molar-refractivity contribution in [3.05, 3.63) is 29.8 Å². The van der Waals surface area contributed by atoms with E-state index < -0.39 is 0 Å². The summed E-state index contributed by atoms with van der Waals surface area (Å²) in [7, 11) is 1.60. The van der Waals surface area contributed by atoms with E-state index in [1.54, 1.807) is 31.4 Å². The number of benzene rings is 1. The second-order valence-electron chi connectivity index (χ2n) is 4.16. The third-order valence-electron chi connectivity index (χ3n) is 2.21. The van der Waals surface area contributed by atoms with Crippen molar-refractivity contribution in [2.45, 2.75) is 20.0 Å². The molecule has 0 fully saturated rings. The first kappa shape index (κ1) is 14.7. The fourth-order valence-corrected chi connectivity index (χ4v) is 1.38. The van der Waals surface area contributed by atoms with Crippen LogP contribution in [0.15, 0.2) is 24.3 Å². The molecule has 4 nitrogen and oxygen atoms in total. The van der Waals surface area contributed by atoms with Gasteiger partial charge in [-0.1, -0.05) is 0 Å². The maximum absolute atomic E-state index is 11.7. The Bertz CT molecular complexity index is 357. The number of carbonyl (C=O) groups is 1. The molecular weight excluding hydrogens is 232 g/mol. The molecule has 4 heteroatoms. The normalized spacial score (nSPS) is 10.7. The predicted molar refractivity (Wildman–Crippen MR) is 69.2 cm³/mol. The molecule has 0 bridgehead atoms. The highest BCUT2D eigenvalue weighted by Crippen LogP contribution is 2.14. The standard InChI is InChI=1S/C14H20O4/c1-11(2)18-13-6-4-12(5-7-13)14(15)10-17-9-8-16-3/h4-7,11H,8-10H2,1-3H3. The average Bonchev–Trinajstić information content (AvgIpc) is 2.34. The zero-order valence-electron chi connectivity index (χ0n) is 11.1. The highest BCUT2D eigenvalue weighted by atomic mass is 16.5. The van der Waals surface area contributed by atoms with Crippen molar-refractivity contribution in [2.75, 3.05) is 26.9 Å². The van der Waals surface area contributed by atoms with Gasteiger partial charge >= 0.3 is 0 Å². The quantitative estimate of drug-likeness (QED) is 0.526. The smallest absolute Gasteiger partial charge is 0.188 e. The summed E-state index contributed by atoms with van der Waals surface area (Å²) in [5.41, 5.74) is 0.628. The van der Waals surface area contributed by atoms with Crippen molar-refractivity contribution in [3.63, 3.8) is 0 Å². The minimum Gasteiger partial charge on any atom is -0.491 e. The lowest BCUT2D eigenvalue weighted by Gasteiger charge is -2.09. The van der Waals surface area contributed by atoms with E-state index in [0.717, 1.165) is 5.75 Å². The predicted octanol–water partition coefficient (Wildman–Crippen LogP) is 2.32. The molecule has 1 aromatic rings. The van der Waals surface area contributed by atoms with Crippen LogP contribution in [0.2, 0.25) is 0 Å². The number of hydrogen-bond acceptors (Lipinski definition) is 4. The summed E-state index contributed by atoms with van der Waals surface area (Å²) in [5, 5.41) is 0. The fraction of sp³-hybridized carbons (Fsp3) is 0.500. The molecule has 0 aromatic heterocycles. The first-order chi connectivity index (χ1) is 8.63. The van der Waals surface area contributed by atoms with E-state index in [1.165, 1.54) is 0 Å². The molecule has 0 saturated carbocycles. The molecule has 0 atom stereocenters. The van der Waals surface area contributed by atoms with Crippen LogP contribution < -0.4 is 4.74 Å². The van der Waals surface area contributed by atoms with Gasteiger partial charge in [0, 0.05) is 12.7 Å². The Hall–Kier alpha value is -1.39. The van der Waals surface area contributed by atoms with E-state index >= 15 is 0 Å². The Morgan fingerprint density at radius 1 is 1.17 bits per heavy atom. The molecule has 0 amide bonds. The maximum Gasteiger partial charge on any atom is 0.188 e. The Labute approximate surface area is 108 Å². The average molecular weight is 252 g/mol. The molecule has 1 aromatic carbocycles. The van der Waals surface area contributed by atoms with Crippen LogP contribution in [-0.4, -0.2) is 38.8 Å². The van der Waals surface area contributed by atoms with Crippen LogP contribution in [-0.2, 0) is 9.47 Å². The lowest BCUT2D eigenvalue weighted by atomic mass is 10.1. The lowest BCUT2D eigenvalue weighted by molar-refractivity contribution is 0.0577. The molecule has 18 heavy (non-hydrogen) atoms. The number of hydrogen-bond donors (Lipinski definition) is 0. The topological polar surface area (TPSA) is 44.8 Å². The summed E-state index contributed by atoms with van der Waals surface area (Å²) in [5.74, 6) is 0.726. The first-order valence-electron chi connectivity index (χ1n) is 6.00. The van der Waals surface area contributed by atoms with Crippen molar-refractivity contribution in [1.29, 1.82) is 0 Å². The number of carbonyl (C=O) groups excluding carboxylic acids is 1. The number of Topliss-reactive ketones (excluding diaryl/α,β-unsaturated/α-hetero) is 1. The Morgan fingerprint density at radius 3 is 2.39 bits per heavy atom. The van der Waals surface area contributed by atoms with E-state index in [-0.39, 0.29) is 18.5 Å². The number of ether oxygens (including phenoxy) is 3.